The third-order valence-electron chi connectivity index (χ3n) is 4.17. The molecule has 0 unspecified atom stereocenters. The van der Waals surface area contributed by atoms with Crippen molar-refractivity contribution in [2.75, 3.05) is 0 Å². The van der Waals surface area contributed by atoms with E-state index in [9.17, 15) is 0 Å². The fourth-order valence-electron chi connectivity index (χ4n) is 2.72. The van der Waals surface area contributed by atoms with Crippen LogP contribution in [-0.2, 0) is 6.42 Å². The van der Waals surface area contributed by atoms with Crippen molar-refractivity contribution >= 4 is 11.9 Å². The highest BCUT2D eigenvalue weighted by Crippen LogP contribution is 2.13. The number of unbranched alkanes of at least 4 members (excludes halogenated alkanes) is 6. The number of benzene rings is 2. The van der Waals surface area contributed by atoms with Crippen LogP contribution >= 0.6 is 0 Å². The highest BCUT2D eigenvalue weighted by molar-refractivity contribution is 5.81. The molecule has 2 rings (SSSR count). The zero-order valence-corrected chi connectivity index (χ0v) is 14.4. The van der Waals surface area contributed by atoms with Crippen LogP contribution in [0.4, 0.5) is 5.69 Å². The number of nitrogens with zero attached hydrogens (tertiary/aromatic N) is 1. The molecule has 0 aromatic heterocycles. The first-order valence-electron chi connectivity index (χ1n) is 9.06. The molecular weight excluding hydrogens is 278 g/mol. The fourth-order valence-corrected chi connectivity index (χ4v) is 2.72. The van der Waals surface area contributed by atoms with Crippen LogP contribution in [0.2, 0.25) is 0 Å². The molecule has 0 N–H and O–H groups in total. The molecule has 0 spiro atoms. The van der Waals surface area contributed by atoms with Crippen LogP contribution in [0.3, 0.4) is 0 Å². The van der Waals surface area contributed by atoms with Gasteiger partial charge in [-0.3, -0.25) is 4.99 Å². The first-order valence-corrected chi connectivity index (χ1v) is 9.06. The predicted octanol–water partition coefficient (Wildman–Crippen LogP) is 6.73. The van der Waals surface area contributed by atoms with E-state index in [1.807, 2.05) is 36.5 Å². The summed E-state index contributed by atoms with van der Waals surface area (Å²) >= 11 is 0. The van der Waals surface area contributed by atoms with Gasteiger partial charge in [0.05, 0.1) is 5.69 Å². The molecule has 1 nitrogen and oxygen atoms in total. The summed E-state index contributed by atoms with van der Waals surface area (Å²) in [5.74, 6) is 0. The van der Waals surface area contributed by atoms with Gasteiger partial charge in [-0.1, -0.05) is 87.9 Å². The molecule has 1 heteroatoms. The van der Waals surface area contributed by atoms with Crippen LogP contribution in [0.1, 0.15) is 63.0 Å². The lowest BCUT2D eigenvalue weighted by Gasteiger charge is -2.03. The average Bonchev–Trinajstić information content (AvgIpc) is 2.61. The Balaban J connectivity index is 1.69. The summed E-state index contributed by atoms with van der Waals surface area (Å²) in [6.45, 7) is 2.27. The summed E-state index contributed by atoms with van der Waals surface area (Å²) in [4.78, 5) is 4.49. The number of aryl methyl sites for hydroxylation is 1. The summed E-state index contributed by atoms with van der Waals surface area (Å²) in [6.07, 6.45) is 12.7. The van der Waals surface area contributed by atoms with Crippen molar-refractivity contribution in [2.45, 2.75) is 58.3 Å². The normalized spacial score (nSPS) is 11.2. The van der Waals surface area contributed by atoms with E-state index in [-0.39, 0.29) is 0 Å². The van der Waals surface area contributed by atoms with Crippen molar-refractivity contribution in [3.05, 3.63) is 65.7 Å². The second-order valence-electron chi connectivity index (χ2n) is 6.21. The van der Waals surface area contributed by atoms with E-state index in [2.05, 4.69) is 36.2 Å². The third kappa shape index (κ3) is 7.27. The Bertz CT molecular complexity index is 554. The van der Waals surface area contributed by atoms with Crippen LogP contribution in [-0.4, -0.2) is 6.21 Å². The van der Waals surface area contributed by atoms with E-state index in [1.54, 1.807) is 0 Å². The van der Waals surface area contributed by atoms with Gasteiger partial charge in [-0.05, 0) is 36.1 Å². The van der Waals surface area contributed by atoms with Gasteiger partial charge < -0.3 is 0 Å². The Morgan fingerprint density at radius 3 is 2.09 bits per heavy atom. The maximum absolute atomic E-state index is 4.49. The van der Waals surface area contributed by atoms with Gasteiger partial charge in [0.2, 0.25) is 0 Å². The van der Waals surface area contributed by atoms with Crippen molar-refractivity contribution in [2.24, 2.45) is 4.99 Å². The number of hydrogen-bond donors (Lipinski definition) is 0. The van der Waals surface area contributed by atoms with E-state index >= 15 is 0 Å². The summed E-state index contributed by atoms with van der Waals surface area (Å²) in [5.41, 5.74) is 3.60. The van der Waals surface area contributed by atoms with Crippen LogP contribution in [0.25, 0.3) is 0 Å². The minimum Gasteiger partial charge on any atom is -0.256 e. The molecule has 0 fully saturated rings. The number of rotatable bonds is 10. The zero-order chi connectivity index (χ0) is 16.2. The van der Waals surface area contributed by atoms with Crippen molar-refractivity contribution in [1.82, 2.24) is 0 Å². The van der Waals surface area contributed by atoms with Gasteiger partial charge >= 0.3 is 0 Å². The molecule has 0 saturated heterocycles. The quantitative estimate of drug-likeness (QED) is 0.341. The second kappa shape index (κ2) is 10.8. The topological polar surface area (TPSA) is 12.4 Å². The molecule has 0 aliphatic carbocycles. The molecule has 2 aromatic rings. The van der Waals surface area contributed by atoms with Crippen molar-refractivity contribution in [3.8, 4) is 0 Å². The Labute approximate surface area is 141 Å². The SMILES string of the molecule is CCCCCCCCCc1ccc(/C=N/c2ccccc2)cc1. The molecule has 0 aliphatic rings. The molecule has 0 bridgehead atoms. The van der Waals surface area contributed by atoms with Crippen molar-refractivity contribution in [3.63, 3.8) is 0 Å². The molecule has 0 amide bonds. The zero-order valence-electron chi connectivity index (χ0n) is 14.4. The highest BCUT2D eigenvalue weighted by atomic mass is 14.7. The Morgan fingerprint density at radius 1 is 0.739 bits per heavy atom. The highest BCUT2D eigenvalue weighted by Gasteiger charge is 1.95. The minimum atomic E-state index is 1.000. The lowest BCUT2D eigenvalue weighted by molar-refractivity contribution is 0.589. The lowest BCUT2D eigenvalue weighted by Crippen LogP contribution is -1.88. The molecule has 0 radical (unpaired) electrons. The molecule has 0 saturated carbocycles. The van der Waals surface area contributed by atoms with Gasteiger partial charge in [-0.25, -0.2) is 0 Å². The summed E-state index contributed by atoms with van der Waals surface area (Å²) < 4.78 is 0. The first-order chi connectivity index (χ1) is 11.4. The standard InChI is InChI=1S/C22H29N/c1-2-3-4-5-6-7-9-12-20-15-17-21(18-16-20)19-23-22-13-10-8-11-14-22/h8,10-11,13-19H,2-7,9,12H2,1H3/b23-19+. The minimum absolute atomic E-state index is 1.000. The summed E-state index contributed by atoms with van der Waals surface area (Å²) in [5, 5.41) is 0. The largest absolute Gasteiger partial charge is 0.256 e. The van der Waals surface area contributed by atoms with Gasteiger partial charge in [0.1, 0.15) is 0 Å². The van der Waals surface area contributed by atoms with E-state index in [4.69, 9.17) is 0 Å². The van der Waals surface area contributed by atoms with Crippen molar-refractivity contribution in [1.29, 1.82) is 0 Å². The Hall–Kier alpha value is -1.89. The van der Waals surface area contributed by atoms with E-state index in [0.717, 1.165) is 11.3 Å². The molecule has 2 aromatic carbocycles. The fraction of sp³-hybridized carbons (Fsp3) is 0.409. The molecule has 0 heterocycles. The van der Waals surface area contributed by atoms with Gasteiger partial charge in [0.25, 0.3) is 0 Å². The number of hydrogen-bond acceptors (Lipinski definition) is 1. The number of para-hydroxylation sites is 1. The number of aliphatic imine (C=N–C) groups is 1. The van der Waals surface area contributed by atoms with Gasteiger partial charge in [-0.2, -0.15) is 0 Å². The molecule has 0 atom stereocenters. The third-order valence-corrected chi connectivity index (χ3v) is 4.17. The van der Waals surface area contributed by atoms with Crippen LogP contribution in [0.15, 0.2) is 59.6 Å². The smallest absolute Gasteiger partial charge is 0.0629 e. The average molecular weight is 307 g/mol. The molecule has 0 aliphatic heterocycles. The first kappa shape index (κ1) is 17.5. The Morgan fingerprint density at radius 2 is 1.39 bits per heavy atom. The van der Waals surface area contributed by atoms with Gasteiger partial charge in [-0.15, -0.1) is 0 Å². The monoisotopic (exact) mass is 307 g/mol. The van der Waals surface area contributed by atoms with Crippen molar-refractivity contribution < 1.29 is 0 Å². The maximum atomic E-state index is 4.49. The van der Waals surface area contributed by atoms with Gasteiger partial charge in [0, 0.05) is 6.21 Å². The lowest BCUT2D eigenvalue weighted by atomic mass is 10.0. The van der Waals surface area contributed by atoms with E-state index in [1.165, 1.54) is 56.9 Å². The van der Waals surface area contributed by atoms with Crippen LogP contribution in [0.5, 0.6) is 0 Å². The van der Waals surface area contributed by atoms with Gasteiger partial charge in [0.15, 0.2) is 0 Å². The molecule has 122 valence electrons. The Kier molecular flexibility index (Phi) is 8.18. The molecule has 23 heavy (non-hydrogen) atoms. The maximum Gasteiger partial charge on any atom is 0.0629 e. The summed E-state index contributed by atoms with van der Waals surface area (Å²) in [7, 11) is 0. The summed E-state index contributed by atoms with van der Waals surface area (Å²) in [6, 6.07) is 18.9. The van der Waals surface area contributed by atoms with E-state index in [0.29, 0.717) is 0 Å². The van der Waals surface area contributed by atoms with E-state index < -0.39 is 0 Å². The molecular formula is C22H29N. The predicted molar refractivity (Wildman–Crippen MR) is 102 cm³/mol. The van der Waals surface area contributed by atoms with Crippen LogP contribution in [0, 0.1) is 0 Å². The second-order valence-corrected chi connectivity index (χ2v) is 6.21. The van der Waals surface area contributed by atoms with Crippen LogP contribution < -0.4 is 0 Å².